The Morgan fingerprint density at radius 3 is 2.70 bits per heavy atom. The zero-order valence-corrected chi connectivity index (χ0v) is 14.1. The molecule has 0 aliphatic carbocycles. The zero-order valence-electron chi connectivity index (χ0n) is 14.1. The van der Waals surface area contributed by atoms with Gasteiger partial charge >= 0.3 is 6.18 Å². The van der Waals surface area contributed by atoms with Crippen LogP contribution in [0.15, 0.2) is 36.7 Å². The number of aromatic nitrogens is 2. The minimum atomic E-state index is -4.45. The molecule has 1 amide bonds. The molecule has 1 saturated heterocycles. The van der Waals surface area contributed by atoms with E-state index in [0.29, 0.717) is 18.8 Å². The van der Waals surface area contributed by atoms with E-state index >= 15 is 0 Å². The molecule has 0 radical (unpaired) electrons. The van der Waals surface area contributed by atoms with Crippen LogP contribution < -0.4 is 15.4 Å². The molecule has 0 unspecified atom stereocenters. The number of nitrogens with zero attached hydrogens (tertiary/aromatic N) is 2. The number of amides is 1. The maximum absolute atomic E-state index is 12.2. The van der Waals surface area contributed by atoms with E-state index < -0.39 is 18.7 Å². The molecule has 0 saturated carbocycles. The molecule has 1 atom stereocenters. The summed E-state index contributed by atoms with van der Waals surface area (Å²) in [6, 6.07) is 6.00. The van der Waals surface area contributed by atoms with Gasteiger partial charge in [-0.05, 0) is 18.2 Å². The van der Waals surface area contributed by atoms with Gasteiger partial charge in [-0.1, -0.05) is 0 Å². The summed E-state index contributed by atoms with van der Waals surface area (Å²) in [7, 11) is 0. The normalized spacial score (nSPS) is 17.4. The molecule has 2 N–H and O–H groups in total. The lowest BCUT2D eigenvalue weighted by molar-refractivity contribution is -0.154. The second kappa shape index (κ2) is 8.31. The van der Waals surface area contributed by atoms with Crippen molar-refractivity contribution in [3.05, 3.63) is 47.9 Å². The van der Waals surface area contributed by atoms with Crippen LogP contribution in [-0.2, 0) is 4.74 Å². The molecule has 3 rings (SSSR count). The molecular weight excluding hydrogens is 365 g/mol. The van der Waals surface area contributed by atoms with Gasteiger partial charge in [0.1, 0.15) is 6.10 Å². The van der Waals surface area contributed by atoms with Gasteiger partial charge in [-0.2, -0.15) is 13.2 Å². The van der Waals surface area contributed by atoms with Gasteiger partial charge in [-0.15, -0.1) is 0 Å². The van der Waals surface area contributed by atoms with Crippen molar-refractivity contribution >= 4 is 11.6 Å². The molecule has 0 bridgehead atoms. The highest BCUT2D eigenvalue weighted by atomic mass is 19.4. The molecule has 27 heavy (non-hydrogen) atoms. The number of halogens is 3. The predicted molar refractivity (Wildman–Crippen MR) is 89.5 cm³/mol. The number of rotatable bonds is 5. The molecular formula is C17H17F3N4O3. The smallest absolute Gasteiger partial charge is 0.422 e. The molecule has 3 heterocycles. The van der Waals surface area contributed by atoms with Crippen molar-refractivity contribution in [1.29, 1.82) is 0 Å². The van der Waals surface area contributed by atoms with Crippen molar-refractivity contribution in [2.75, 3.05) is 31.6 Å². The van der Waals surface area contributed by atoms with E-state index in [1.54, 1.807) is 12.1 Å². The Hall–Kier alpha value is -2.72. The summed E-state index contributed by atoms with van der Waals surface area (Å²) in [6.07, 6.45) is -1.92. The average molecular weight is 382 g/mol. The number of pyridine rings is 2. The number of nitrogens with one attached hydrogen (secondary N) is 2. The molecule has 0 aromatic carbocycles. The van der Waals surface area contributed by atoms with Crippen LogP contribution in [0.3, 0.4) is 0 Å². The highest BCUT2D eigenvalue weighted by Gasteiger charge is 2.28. The van der Waals surface area contributed by atoms with Crippen molar-refractivity contribution in [2.45, 2.75) is 12.3 Å². The standard InChI is InChI=1S/C17H17F3N4O3/c18-17(19,20)10-27-15-4-1-11(7-23-15)16(25)24-12-2-3-13(22-8-12)14-9-21-5-6-26-14/h1-4,7-8,14,21H,5-6,9-10H2,(H,24,25)/t14-/m0/s1. The monoisotopic (exact) mass is 382 g/mol. The van der Waals surface area contributed by atoms with Crippen molar-refractivity contribution in [3.63, 3.8) is 0 Å². The lowest BCUT2D eigenvalue weighted by Gasteiger charge is -2.23. The Labute approximate surface area is 152 Å². The molecule has 1 fully saturated rings. The molecule has 144 valence electrons. The van der Waals surface area contributed by atoms with Crippen LogP contribution in [0, 0.1) is 0 Å². The van der Waals surface area contributed by atoms with Crippen LogP contribution in [0.1, 0.15) is 22.2 Å². The quantitative estimate of drug-likeness (QED) is 0.826. The Balaban J connectivity index is 1.56. The van der Waals surface area contributed by atoms with E-state index in [1.165, 1.54) is 18.3 Å². The first-order valence-corrected chi connectivity index (χ1v) is 8.16. The summed E-state index contributed by atoms with van der Waals surface area (Å²) >= 11 is 0. The number of anilines is 1. The van der Waals surface area contributed by atoms with Crippen molar-refractivity contribution < 1.29 is 27.4 Å². The van der Waals surface area contributed by atoms with Gasteiger partial charge in [0, 0.05) is 25.4 Å². The number of morpholine rings is 1. The number of hydrogen-bond donors (Lipinski definition) is 2. The Kier molecular flexibility index (Phi) is 5.87. The fraction of sp³-hybridized carbons (Fsp3) is 0.353. The van der Waals surface area contributed by atoms with E-state index in [9.17, 15) is 18.0 Å². The summed E-state index contributed by atoms with van der Waals surface area (Å²) < 4.78 is 46.4. The van der Waals surface area contributed by atoms with Crippen molar-refractivity contribution in [3.8, 4) is 5.88 Å². The van der Waals surface area contributed by atoms with Crippen LogP contribution in [-0.4, -0.2) is 48.4 Å². The SMILES string of the molecule is O=C(Nc1ccc([C@@H]2CNCCO2)nc1)c1ccc(OCC(F)(F)F)nc1. The van der Waals surface area contributed by atoms with Gasteiger partial charge in [0.05, 0.1) is 29.7 Å². The minimum Gasteiger partial charge on any atom is -0.468 e. The third-order valence-corrected chi connectivity index (χ3v) is 3.68. The Morgan fingerprint density at radius 2 is 2.11 bits per heavy atom. The van der Waals surface area contributed by atoms with E-state index in [4.69, 9.17) is 4.74 Å². The first-order valence-electron chi connectivity index (χ1n) is 8.16. The summed E-state index contributed by atoms with van der Waals surface area (Å²) in [4.78, 5) is 20.2. The highest BCUT2D eigenvalue weighted by Crippen LogP contribution is 2.19. The number of carbonyl (C=O) groups is 1. The second-order valence-electron chi connectivity index (χ2n) is 5.78. The molecule has 10 heteroatoms. The topological polar surface area (TPSA) is 85.4 Å². The fourth-order valence-corrected chi connectivity index (χ4v) is 2.38. The third-order valence-electron chi connectivity index (χ3n) is 3.68. The lowest BCUT2D eigenvalue weighted by Crippen LogP contribution is -2.33. The Morgan fingerprint density at radius 1 is 1.26 bits per heavy atom. The molecule has 2 aromatic rings. The van der Waals surface area contributed by atoms with E-state index in [0.717, 1.165) is 18.4 Å². The van der Waals surface area contributed by atoms with Gasteiger partial charge in [0.15, 0.2) is 6.61 Å². The summed E-state index contributed by atoms with van der Waals surface area (Å²) in [5, 5.41) is 5.85. The van der Waals surface area contributed by atoms with Crippen LogP contribution in [0.5, 0.6) is 5.88 Å². The fourth-order valence-electron chi connectivity index (χ4n) is 2.38. The first-order chi connectivity index (χ1) is 12.9. The van der Waals surface area contributed by atoms with Gasteiger partial charge in [0.25, 0.3) is 5.91 Å². The zero-order chi connectivity index (χ0) is 19.3. The van der Waals surface area contributed by atoms with E-state index in [2.05, 4.69) is 25.3 Å². The maximum atomic E-state index is 12.2. The molecule has 1 aliphatic heterocycles. The maximum Gasteiger partial charge on any atom is 0.422 e. The summed E-state index contributed by atoms with van der Waals surface area (Å²) in [5.74, 6) is -0.675. The van der Waals surface area contributed by atoms with Crippen LogP contribution in [0.25, 0.3) is 0 Å². The number of ether oxygens (including phenoxy) is 2. The van der Waals surface area contributed by atoms with E-state index in [1.807, 2.05) is 0 Å². The molecule has 2 aromatic heterocycles. The van der Waals surface area contributed by atoms with Gasteiger partial charge in [-0.25, -0.2) is 4.98 Å². The van der Waals surface area contributed by atoms with Crippen LogP contribution in [0.4, 0.5) is 18.9 Å². The van der Waals surface area contributed by atoms with Gasteiger partial charge in [0.2, 0.25) is 5.88 Å². The van der Waals surface area contributed by atoms with Gasteiger partial charge in [-0.3, -0.25) is 9.78 Å². The second-order valence-corrected chi connectivity index (χ2v) is 5.78. The summed E-state index contributed by atoms with van der Waals surface area (Å²) in [5.41, 5.74) is 1.41. The largest absolute Gasteiger partial charge is 0.468 e. The predicted octanol–water partition coefficient (Wildman–Crippen LogP) is 2.33. The molecule has 1 aliphatic rings. The first kappa shape index (κ1) is 19.1. The van der Waals surface area contributed by atoms with Crippen LogP contribution in [0.2, 0.25) is 0 Å². The number of hydrogen-bond acceptors (Lipinski definition) is 6. The minimum absolute atomic E-state index is 0.128. The Bertz CT molecular complexity index is 760. The van der Waals surface area contributed by atoms with E-state index in [-0.39, 0.29) is 17.5 Å². The molecule has 0 spiro atoms. The van der Waals surface area contributed by atoms with Gasteiger partial charge < -0.3 is 20.1 Å². The summed E-state index contributed by atoms with van der Waals surface area (Å²) in [6.45, 7) is 0.649. The van der Waals surface area contributed by atoms with Crippen LogP contribution >= 0.6 is 0 Å². The number of alkyl halides is 3. The third kappa shape index (κ3) is 5.63. The highest BCUT2D eigenvalue weighted by molar-refractivity contribution is 6.03. The average Bonchev–Trinajstić information content (AvgIpc) is 2.67. The lowest BCUT2D eigenvalue weighted by atomic mass is 10.2. The van der Waals surface area contributed by atoms with Crippen molar-refractivity contribution in [1.82, 2.24) is 15.3 Å². The molecule has 7 nitrogen and oxygen atoms in total. The number of carbonyl (C=O) groups excluding carboxylic acids is 1. The van der Waals surface area contributed by atoms with Crippen molar-refractivity contribution in [2.24, 2.45) is 0 Å².